The largest absolute Gasteiger partial charge is 0.496 e. The molecule has 1 unspecified atom stereocenters. The highest BCUT2D eigenvalue weighted by molar-refractivity contribution is 7.46. The standard InChI is InChI=1S/C26H35O10P/c1-16(15-25(2,3)4)26(36-37(29,30)31,23(27)21-17(32-5)11-9-12-18(21)33-6)24(28)22-19(34-7)13-10-14-20(22)35-8/h9-14,16H,15H2,1-8H3,(H2,29,30,31). The Balaban J connectivity index is 3.07. The van der Waals surface area contributed by atoms with Gasteiger partial charge in [-0.15, -0.1) is 0 Å². The SMILES string of the molecule is COc1cccc(OC)c1C(=O)C(OP(=O)(O)O)(C(=O)c1c(OC)cccc1OC)C(C)CC(C)(C)C. The van der Waals surface area contributed by atoms with Gasteiger partial charge in [0.15, 0.2) is 0 Å². The van der Waals surface area contributed by atoms with Crippen LogP contribution in [0.1, 0.15) is 54.8 Å². The third-order valence-corrected chi connectivity index (χ3v) is 6.39. The molecule has 37 heavy (non-hydrogen) atoms. The van der Waals surface area contributed by atoms with Crippen LogP contribution in [0.25, 0.3) is 0 Å². The summed E-state index contributed by atoms with van der Waals surface area (Å²) in [5.74, 6) is -3.00. The first-order chi connectivity index (χ1) is 17.2. The molecule has 0 spiro atoms. The molecule has 10 nitrogen and oxygen atoms in total. The summed E-state index contributed by atoms with van der Waals surface area (Å²) in [5, 5.41) is 0. The third-order valence-electron chi connectivity index (χ3n) is 5.86. The zero-order chi connectivity index (χ0) is 28.2. The van der Waals surface area contributed by atoms with Crippen LogP contribution in [0, 0.1) is 11.3 Å². The molecule has 2 rings (SSSR count). The van der Waals surface area contributed by atoms with E-state index in [0.29, 0.717) is 0 Å². The highest BCUT2D eigenvalue weighted by atomic mass is 31.2. The Bertz CT molecular complexity index is 1070. The second-order valence-electron chi connectivity index (χ2n) is 9.72. The molecule has 204 valence electrons. The van der Waals surface area contributed by atoms with Crippen LogP contribution in [0.3, 0.4) is 0 Å². The van der Waals surface area contributed by atoms with Crippen LogP contribution < -0.4 is 18.9 Å². The lowest BCUT2D eigenvalue weighted by atomic mass is 9.70. The smallest absolute Gasteiger partial charge is 0.471 e. The summed E-state index contributed by atoms with van der Waals surface area (Å²) in [6.07, 6.45) is 0.166. The molecule has 0 bridgehead atoms. The fourth-order valence-corrected chi connectivity index (χ4v) is 5.22. The predicted molar refractivity (Wildman–Crippen MR) is 137 cm³/mol. The average molecular weight is 539 g/mol. The number of phosphoric acid groups is 1. The molecule has 0 aliphatic rings. The summed E-state index contributed by atoms with van der Waals surface area (Å²) in [7, 11) is -0.174. The molecule has 0 heterocycles. The van der Waals surface area contributed by atoms with Gasteiger partial charge in [-0.2, -0.15) is 0 Å². The van der Waals surface area contributed by atoms with E-state index in [1.54, 1.807) is 12.1 Å². The van der Waals surface area contributed by atoms with Crippen LogP contribution in [-0.2, 0) is 9.09 Å². The lowest BCUT2D eigenvalue weighted by Gasteiger charge is -2.39. The maximum absolute atomic E-state index is 14.5. The molecule has 0 saturated carbocycles. The van der Waals surface area contributed by atoms with Gasteiger partial charge in [-0.1, -0.05) is 39.8 Å². The van der Waals surface area contributed by atoms with Crippen LogP contribution in [0.4, 0.5) is 0 Å². The molecular weight excluding hydrogens is 503 g/mol. The molecule has 0 radical (unpaired) electrons. The number of ketones is 2. The minimum Gasteiger partial charge on any atom is -0.496 e. The molecule has 2 N–H and O–H groups in total. The summed E-state index contributed by atoms with van der Waals surface area (Å²) in [5.41, 5.74) is -3.61. The van der Waals surface area contributed by atoms with E-state index in [1.165, 1.54) is 59.6 Å². The van der Waals surface area contributed by atoms with Gasteiger partial charge in [-0.05, 0) is 36.1 Å². The fourth-order valence-electron chi connectivity index (χ4n) is 4.49. The van der Waals surface area contributed by atoms with Crippen LogP contribution >= 0.6 is 7.82 Å². The molecule has 0 saturated heterocycles. The van der Waals surface area contributed by atoms with Crippen molar-refractivity contribution in [2.24, 2.45) is 11.3 Å². The van der Waals surface area contributed by atoms with Gasteiger partial charge < -0.3 is 28.7 Å². The summed E-state index contributed by atoms with van der Waals surface area (Å²) in [6, 6.07) is 9.04. The Kier molecular flexibility index (Phi) is 9.54. The lowest BCUT2D eigenvalue weighted by Crippen LogP contribution is -2.54. The van der Waals surface area contributed by atoms with Gasteiger partial charge >= 0.3 is 7.82 Å². The Morgan fingerprint density at radius 3 is 1.35 bits per heavy atom. The summed E-state index contributed by atoms with van der Waals surface area (Å²) >= 11 is 0. The Morgan fingerprint density at radius 2 is 1.11 bits per heavy atom. The molecular formula is C26H35O10P. The molecule has 0 amide bonds. The number of carbonyl (C=O) groups excluding carboxylic acids is 2. The molecule has 0 aliphatic carbocycles. The molecule has 0 aliphatic heterocycles. The van der Waals surface area contributed by atoms with E-state index in [2.05, 4.69) is 0 Å². The molecule has 0 fully saturated rings. The van der Waals surface area contributed by atoms with Crippen molar-refractivity contribution in [2.75, 3.05) is 28.4 Å². The number of hydrogen-bond donors (Lipinski definition) is 2. The molecule has 0 aromatic heterocycles. The monoisotopic (exact) mass is 538 g/mol. The van der Waals surface area contributed by atoms with Gasteiger partial charge in [0.25, 0.3) is 0 Å². The van der Waals surface area contributed by atoms with Crippen molar-refractivity contribution in [1.82, 2.24) is 0 Å². The molecule has 1 atom stereocenters. The third kappa shape index (κ3) is 6.51. The van der Waals surface area contributed by atoms with Crippen molar-refractivity contribution < 1.29 is 47.4 Å². The zero-order valence-corrected chi connectivity index (χ0v) is 23.3. The number of Topliss-reactive ketones (excluding diaryl/α,β-unsaturated/α-hetero) is 2. The highest BCUT2D eigenvalue weighted by Gasteiger charge is 2.58. The first-order valence-electron chi connectivity index (χ1n) is 11.4. The normalized spacial score (nSPS) is 13.0. The average Bonchev–Trinajstić information content (AvgIpc) is 2.83. The summed E-state index contributed by atoms with van der Waals surface area (Å²) < 4.78 is 39.3. The predicted octanol–water partition coefficient (Wildman–Crippen LogP) is 4.71. The Labute approximate surface area is 217 Å². The lowest BCUT2D eigenvalue weighted by molar-refractivity contribution is -0.000983. The van der Waals surface area contributed by atoms with Gasteiger partial charge in [0, 0.05) is 5.92 Å². The molecule has 2 aromatic carbocycles. The van der Waals surface area contributed by atoms with Crippen molar-refractivity contribution in [3.05, 3.63) is 47.5 Å². The van der Waals surface area contributed by atoms with E-state index in [1.807, 2.05) is 20.8 Å². The number of carbonyl (C=O) groups is 2. The number of phosphoric ester groups is 1. The van der Waals surface area contributed by atoms with Gasteiger partial charge in [0.1, 0.15) is 34.1 Å². The first-order valence-corrected chi connectivity index (χ1v) is 13.0. The van der Waals surface area contributed by atoms with E-state index in [0.717, 1.165) is 0 Å². The van der Waals surface area contributed by atoms with Gasteiger partial charge in [0.2, 0.25) is 17.2 Å². The van der Waals surface area contributed by atoms with E-state index in [-0.39, 0.29) is 40.5 Å². The zero-order valence-electron chi connectivity index (χ0n) is 22.4. The number of methoxy groups -OCH3 is 4. The number of rotatable bonds is 12. The highest BCUT2D eigenvalue weighted by Crippen LogP contribution is 2.51. The van der Waals surface area contributed by atoms with Crippen molar-refractivity contribution in [3.63, 3.8) is 0 Å². The quantitative estimate of drug-likeness (QED) is 0.222. The van der Waals surface area contributed by atoms with Gasteiger partial charge in [-0.3, -0.25) is 14.1 Å². The van der Waals surface area contributed by atoms with Crippen molar-refractivity contribution in [1.29, 1.82) is 0 Å². The minimum atomic E-state index is -5.45. The Hall–Kier alpha value is -2.91. The van der Waals surface area contributed by atoms with E-state index in [9.17, 15) is 23.9 Å². The minimum absolute atomic E-state index is 0.0331. The van der Waals surface area contributed by atoms with E-state index in [4.69, 9.17) is 23.5 Å². The molecule has 2 aromatic rings. The van der Waals surface area contributed by atoms with Crippen LogP contribution in [0.15, 0.2) is 36.4 Å². The first kappa shape index (κ1) is 30.3. The second-order valence-corrected chi connectivity index (χ2v) is 10.9. The van der Waals surface area contributed by atoms with Crippen LogP contribution in [-0.4, -0.2) is 55.4 Å². The topological polar surface area (TPSA) is 138 Å². The van der Waals surface area contributed by atoms with Crippen molar-refractivity contribution >= 4 is 19.4 Å². The van der Waals surface area contributed by atoms with Crippen molar-refractivity contribution in [2.45, 2.75) is 39.7 Å². The van der Waals surface area contributed by atoms with E-state index < -0.39 is 36.3 Å². The Morgan fingerprint density at radius 1 is 0.784 bits per heavy atom. The second kappa shape index (κ2) is 11.6. The van der Waals surface area contributed by atoms with Crippen LogP contribution in [0.2, 0.25) is 0 Å². The summed E-state index contributed by atoms with van der Waals surface area (Å²) in [4.78, 5) is 49.1. The van der Waals surface area contributed by atoms with Crippen LogP contribution in [0.5, 0.6) is 23.0 Å². The maximum Gasteiger partial charge on any atom is 0.471 e. The van der Waals surface area contributed by atoms with Gasteiger partial charge in [-0.25, -0.2) is 4.57 Å². The number of ether oxygens (including phenoxy) is 4. The van der Waals surface area contributed by atoms with Crippen molar-refractivity contribution in [3.8, 4) is 23.0 Å². The number of benzene rings is 2. The molecule has 11 heteroatoms. The van der Waals surface area contributed by atoms with E-state index >= 15 is 0 Å². The summed E-state index contributed by atoms with van der Waals surface area (Å²) in [6.45, 7) is 7.14. The maximum atomic E-state index is 14.5. The number of hydrogen-bond acceptors (Lipinski definition) is 8. The fraction of sp³-hybridized carbons (Fsp3) is 0.462. The van der Waals surface area contributed by atoms with Gasteiger partial charge in [0.05, 0.1) is 28.4 Å².